The fourth-order valence-electron chi connectivity index (χ4n) is 1.16. The third-order valence-electron chi connectivity index (χ3n) is 1.94. The summed E-state index contributed by atoms with van der Waals surface area (Å²) in [6.45, 7) is 0. The quantitative estimate of drug-likeness (QED) is 0.907. The zero-order valence-corrected chi connectivity index (χ0v) is 10.5. The van der Waals surface area contributed by atoms with Crippen LogP contribution in [0.25, 0.3) is 0 Å². The number of ether oxygens (including phenoxy) is 1. The van der Waals surface area contributed by atoms with E-state index in [0.717, 1.165) is 11.7 Å². The smallest absolute Gasteiger partial charge is 0.271 e. The molecule has 0 atom stereocenters. The van der Waals surface area contributed by atoms with Crippen molar-refractivity contribution in [2.24, 2.45) is 0 Å². The monoisotopic (exact) mass is 271 g/mol. The van der Waals surface area contributed by atoms with Gasteiger partial charge in [-0.3, -0.25) is 4.72 Å². The first kappa shape index (κ1) is 11.8. The minimum atomic E-state index is -3.64. The molecule has 0 radical (unpaired) electrons. The van der Waals surface area contributed by atoms with E-state index >= 15 is 0 Å². The first-order valence-corrected chi connectivity index (χ1v) is 6.79. The van der Waals surface area contributed by atoms with Gasteiger partial charge >= 0.3 is 0 Å². The molecule has 0 aliphatic heterocycles. The lowest BCUT2D eigenvalue weighted by Gasteiger charge is -2.05. The molecule has 0 saturated heterocycles. The molecule has 0 unspecified atom stereocenters. The second kappa shape index (κ2) is 4.68. The zero-order chi connectivity index (χ0) is 12.3. The first-order chi connectivity index (χ1) is 8.13. The van der Waals surface area contributed by atoms with Crippen LogP contribution in [0.4, 0.5) is 5.82 Å². The van der Waals surface area contributed by atoms with E-state index in [9.17, 15) is 8.42 Å². The number of sulfonamides is 1. The van der Waals surface area contributed by atoms with Gasteiger partial charge in [0.1, 0.15) is 0 Å². The SMILES string of the molecule is COc1nsnc1NS(=O)(=O)c1ccccc1. The minimum absolute atomic E-state index is 0.0985. The molecule has 0 aliphatic carbocycles. The molecule has 2 rings (SSSR count). The van der Waals surface area contributed by atoms with E-state index in [-0.39, 0.29) is 16.6 Å². The van der Waals surface area contributed by atoms with Crippen molar-refractivity contribution >= 4 is 27.6 Å². The second-order valence-electron chi connectivity index (χ2n) is 3.04. The van der Waals surface area contributed by atoms with E-state index < -0.39 is 10.0 Å². The maximum Gasteiger partial charge on any atom is 0.271 e. The van der Waals surface area contributed by atoms with Crippen LogP contribution in [0.1, 0.15) is 0 Å². The lowest BCUT2D eigenvalue weighted by molar-refractivity contribution is 0.404. The van der Waals surface area contributed by atoms with E-state index in [4.69, 9.17) is 4.74 Å². The van der Waals surface area contributed by atoms with Crippen LogP contribution < -0.4 is 9.46 Å². The summed E-state index contributed by atoms with van der Waals surface area (Å²) >= 11 is 0.875. The topological polar surface area (TPSA) is 81.2 Å². The minimum Gasteiger partial charge on any atom is -0.478 e. The van der Waals surface area contributed by atoms with Crippen molar-refractivity contribution in [1.82, 2.24) is 8.75 Å². The summed E-state index contributed by atoms with van der Waals surface area (Å²) in [5, 5.41) is 0. The summed E-state index contributed by atoms with van der Waals surface area (Å²) in [6.07, 6.45) is 0. The van der Waals surface area contributed by atoms with Crippen molar-refractivity contribution in [3.8, 4) is 5.88 Å². The molecule has 0 spiro atoms. The number of nitrogens with one attached hydrogen (secondary N) is 1. The van der Waals surface area contributed by atoms with E-state index in [1.165, 1.54) is 19.2 Å². The van der Waals surface area contributed by atoms with Crippen LogP contribution >= 0.6 is 11.7 Å². The van der Waals surface area contributed by atoms with Gasteiger partial charge in [0.25, 0.3) is 15.9 Å². The molecular weight excluding hydrogens is 262 g/mol. The van der Waals surface area contributed by atoms with Crippen molar-refractivity contribution in [2.45, 2.75) is 4.90 Å². The number of aromatic nitrogens is 2. The Hall–Kier alpha value is -1.67. The Balaban J connectivity index is 2.30. The predicted octanol–water partition coefficient (Wildman–Crippen LogP) is 1.35. The molecule has 1 aromatic carbocycles. The Morgan fingerprint density at radius 2 is 1.94 bits per heavy atom. The van der Waals surface area contributed by atoms with Crippen LogP contribution in [-0.2, 0) is 10.0 Å². The van der Waals surface area contributed by atoms with E-state index in [2.05, 4.69) is 13.5 Å². The van der Waals surface area contributed by atoms with Crippen LogP contribution in [0.2, 0.25) is 0 Å². The van der Waals surface area contributed by atoms with Crippen molar-refractivity contribution in [3.63, 3.8) is 0 Å². The number of anilines is 1. The van der Waals surface area contributed by atoms with Gasteiger partial charge in [0.05, 0.1) is 23.7 Å². The Bertz CT molecular complexity index is 595. The fourth-order valence-corrected chi connectivity index (χ4v) is 2.72. The summed E-state index contributed by atoms with van der Waals surface area (Å²) in [5.74, 6) is 0.260. The van der Waals surface area contributed by atoms with Crippen LogP contribution in [0.5, 0.6) is 5.88 Å². The Morgan fingerprint density at radius 1 is 1.24 bits per heavy atom. The maximum absolute atomic E-state index is 11.9. The van der Waals surface area contributed by atoms with Gasteiger partial charge < -0.3 is 4.74 Å². The molecule has 0 aliphatic rings. The molecule has 2 aromatic rings. The highest BCUT2D eigenvalue weighted by Gasteiger charge is 2.18. The molecule has 0 fully saturated rings. The van der Waals surface area contributed by atoms with E-state index in [1.54, 1.807) is 18.2 Å². The van der Waals surface area contributed by atoms with Gasteiger partial charge in [-0.1, -0.05) is 18.2 Å². The second-order valence-corrected chi connectivity index (χ2v) is 5.25. The van der Waals surface area contributed by atoms with Gasteiger partial charge in [-0.2, -0.15) is 4.37 Å². The Kier molecular flexibility index (Phi) is 3.25. The van der Waals surface area contributed by atoms with Crippen molar-refractivity contribution < 1.29 is 13.2 Å². The average molecular weight is 271 g/mol. The van der Waals surface area contributed by atoms with E-state index in [0.29, 0.717) is 0 Å². The van der Waals surface area contributed by atoms with Crippen LogP contribution in [0.15, 0.2) is 35.2 Å². The molecule has 1 heterocycles. The highest BCUT2D eigenvalue weighted by Crippen LogP contribution is 2.23. The van der Waals surface area contributed by atoms with Crippen molar-refractivity contribution in [1.29, 1.82) is 0 Å². The van der Waals surface area contributed by atoms with Gasteiger partial charge in [-0.05, 0) is 12.1 Å². The molecule has 1 N–H and O–H groups in total. The van der Waals surface area contributed by atoms with Gasteiger partial charge in [0.2, 0.25) is 5.82 Å². The summed E-state index contributed by atoms with van der Waals surface area (Å²) in [6, 6.07) is 8.02. The maximum atomic E-state index is 11.9. The third kappa shape index (κ3) is 2.53. The normalized spacial score (nSPS) is 11.1. The number of hydrogen-bond acceptors (Lipinski definition) is 6. The van der Waals surface area contributed by atoms with Crippen LogP contribution in [0.3, 0.4) is 0 Å². The number of methoxy groups -OCH3 is 1. The van der Waals surface area contributed by atoms with Gasteiger partial charge in [-0.15, -0.1) is 4.37 Å². The summed E-state index contributed by atoms with van der Waals surface area (Å²) < 4.78 is 38.7. The molecule has 90 valence electrons. The molecule has 0 bridgehead atoms. The highest BCUT2D eigenvalue weighted by atomic mass is 32.2. The molecule has 0 saturated carbocycles. The summed E-state index contributed by atoms with van der Waals surface area (Å²) in [4.78, 5) is 0.162. The summed E-state index contributed by atoms with van der Waals surface area (Å²) in [7, 11) is -2.24. The number of benzene rings is 1. The third-order valence-corrected chi connectivity index (χ3v) is 3.80. The lowest BCUT2D eigenvalue weighted by atomic mass is 10.4. The standard InChI is InChI=1S/C9H9N3O3S2/c1-15-9-8(10-16-11-9)12-17(13,14)7-5-3-2-4-6-7/h2-6H,1H3,(H,10,12). The summed E-state index contributed by atoms with van der Waals surface area (Å²) in [5.41, 5.74) is 0. The average Bonchev–Trinajstić information content (AvgIpc) is 2.77. The number of nitrogens with zero attached hydrogens (tertiary/aromatic N) is 2. The lowest BCUT2D eigenvalue weighted by Crippen LogP contribution is -2.13. The molecular formula is C9H9N3O3S2. The molecule has 1 aromatic heterocycles. The van der Waals surface area contributed by atoms with Gasteiger partial charge in [-0.25, -0.2) is 8.42 Å². The first-order valence-electron chi connectivity index (χ1n) is 4.58. The van der Waals surface area contributed by atoms with E-state index in [1.807, 2.05) is 0 Å². The number of rotatable bonds is 4. The Morgan fingerprint density at radius 3 is 2.59 bits per heavy atom. The van der Waals surface area contributed by atoms with Crippen molar-refractivity contribution in [3.05, 3.63) is 30.3 Å². The van der Waals surface area contributed by atoms with Crippen LogP contribution in [0, 0.1) is 0 Å². The predicted molar refractivity (Wildman–Crippen MR) is 63.7 cm³/mol. The highest BCUT2D eigenvalue weighted by molar-refractivity contribution is 7.92. The van der Waals surface area contributed by atoms with Gasteiger partial charge in [0.15, 0.2) is 0 Å². The molecule has 17 heavy (non-hydrogen) atoms. The number of hydrogen-bond donors (Lipinski definition) is 1. The van der Waals surface area contributed by atoms with Gasteiger partial charge in [0, 0.05) is 0 Å². The molecule has 6 nitrogen and oxygen atoms in total. The zero-order valence-electron chi connectivity index (χ0n) is 8.82. The Labute approximate surface area is 103 Å². The molecule has 0 amide bonds. The fraction of sp³-hybridized carbons (Fsp3) is 0.111. The van der Waals surface area contributed by atoms with Crippen molar-refractivity contribution in [2.75, 3.05) is 11.8 Å². The van der Waals surface area contributed by atoms with Crippen LogP contribution in [-0.4, -0.2) is 24.3 Å². The molecule has 8 heteroatoms. The largest absolute Gasteiger partial charge is 0.478 e.